The molecule has 0 spiro atoms. The molecule has 4 amide bonds. The number of carbonyl (C=O) groups excluding carboxylic acids is 4. The predicted molar refractivity (Wildman–Crippen MR) is 110 cm³/mol. The number of likely N-dealkylation sites (tertiary alicyclic amines) is 1. The molecule has 1 aliphatic carbocycles. The summed E-state index contributed by atoms with van der Waals surface area (Å²) in [5.41, 5.74) is -0.633. The van der Waals surface area contributed by atoms with Gasteiger partial charge in [0, 0.05) is 13.1 Å². The van der Waals surface area contributed by atoms with Crippen LogP contribution < -0.4 is 4.74 Å². The Morgan fingerprint density at radius 3 is 2.32 bits per heavy atom. The Morgan fingerprint density at radius 1 is 1.06 bits per heavy atom. The number of hydrogen-bond donors (Lipinski definition) is 0. The van der Waals surface area contributed by atoms with Gasteiger partial charge in [-0.25, -0.2) is 0 Å². The molecule has 0 N–H and O–H groups in total. The lowest BCUT2D eigenvalue weighted by molar-refractivity contribution is -0.167. The molecule has 4 atom stereocenters. The molecule has 4 fully saturated rings. The van der Waals surface area contributed by atoms with E-state index in [1.165, 1.54) is 4.90 Å². The van der Waals surface area contributed by atoms with Gasteiger partial charge in [0.2, 0.25) is 23.6 Å². The van der Waals surface area contributed by atoms with Crippen molar-refractivity contribution in [2.24, 2.45) is 17.8 Å². The topological polar surface area (TPSA) is 87.2 Å². The van der Waals surface area contributed by atoms with Gasteiger partial charge in [-0.1, -0.05) is 12.1 Å². The number of nitrogens with zero attached hydrogens (tertiary/aromatic N) is 3. The molecule has 8 nitrogen and oxygen atoms in total. The van der Waals surface area contributed by atoms with Crippen LogP contribution in [0.5, 0.6) is 5.75 Å². The summed E-state index contributed by atoms with van der Waals surface area (Å²) in [6.45, 7) is 4.23. The van der Waals surface area contributed by atoms with E-state index in [1.807, 2.05) is 12.1 Å². The Balaban J connectivity index is 1.63. The second-order valence-corrected chi connectivity index (χ2v) is 9.18. The second kappa shape index (κ2) is 6.80. The molecule has 8 heteroatoms. The summed E-state index contributed by atoms with van der Waals surface area (Å²) in [6.07, 6.45) is 2.11. The number of benzene rings is 1. The molecule has 31 heavy (non-hydrogen) atoms. The van der Waals surface area contributed by atoms with Gasteiger partial charge >= 0.3 is 0 Å². The number of amides is 4. The Bertz CT molecular complexity index is 972. The normalized spacial score (nSPS) is 32.6. The number of piperazine rings is 1. The van der Waals surface area contributed by atoms with Crippen LogP contribution in [-0.2, 0) is 19.2 Å². The molecular weight excluding hydrogens is 398 g/mol. The van der Waals surface area contributed by atoms with Gasteiger partial charge in [-0.05, 0) is 50.3 Å². The van der Waals surface area contributed by atoms with Gasteiger partial charge in [-0.2, -0.15) is 0 Å². The van der Waals surface area contributed by atoms with Crippen molar-refractivity contribution in [2.75, 3.05) is 26.7 Å². The fourth-order valence-electron chi connectivity index (χ4n) is 5.77. The molecule has 4 aliphatic rings. The summed E-state index contributed by atoms with van der Waals surface area (Å²) >= 11 is 0. The molecule has 5 rings (SSSR count). The van der Waals surface area contributed by atoms with E-state index in [4.69, 9.17) is 4.74 Å². The zero-order valence-electron chi connectivity index (χ0n) is 18.0. The largest absolute Gasteiger partial charge is 0.497 e. The first-order chi connectivity index (χ1) is 14.8. The minimum atomic E-state index is -1.36. The maximum Gasteiger partial charge on any atom is 0.249 e. The van der Waals surface area contributed by atoms with E-state index in [0.717, 1.165) is 18.4 Å². The van der Waals surface area contributed by atoms with E-state index in [0.29, 0.717) is 18.2 Å². The molecule has 3 heterocycles. The van der Waals surface area contributed by atoms with Crippen LogP contribution in [0.1, 0.15) is 38.3 Å². The molecule has 1 aromatic rings. The molecule has 0 bridgehead atoms. The molecule has 3 unspecified atom stereocenters. The summed E-state index contributed by atoms with van der Waals surface area (Å²) < 4.78 is 5.24. The minimum Gasteiger partial charge on any atom is -0.497 e. The number of rotatable bonds is 5. The van der Waals surface area contributed by atoms with Gasteiger partial charge in [-0.3, -0.25) is 24.1 Å². The minimum absolute atomic E-state index is 0.00308. The zero-order valence-corrected chi connectivity index (χ0v) is 18.0. The van der Waals surface area contributed by atoms with Crippen molar-refractivity contribution in [3.63, 3.8) is 0 Å². The van der Waals surface area contributed by atoms with Crippen LogP contribution in [0.15, 0.2) is 24.3 Å². The molecule has 164 valence electrons. The van der Waals surface area contributed by atoms with Crippen molar-refractivity contribution in [2.45, 2.75) is 38.3 Å². The quantitative estimate of drug-likeness (QED) is 0.662. The highest BCUT2D eigenvalue weighted by atomic mass is 16.5. The molecule has 1 aromatic carbocycles. The van der Waals surface area contributed by atoms with E-state index in [1.54, 1.807) is 42.9 Å². The van der Waals surface area contributed by atoms with Crippen LogP contribution in [0, 0.1) is 17.8 Å². The molecule has 3 saturated heterocycles. The van der Waals surface area contributed by atoms with Gasteiger partial charge in [0.15, 0.2) is 0 Å². The summed E-state index contributed by atoms with van der Waals surface area (Å²) in [7, 11) is 1.57. The lowest BCUT2D eigenvalue weighted by Gasteiger charge is -2.47. The third-order valence-corrected chi connectivity index (χ3v) is 7.43. The third-order valence-electron chi connectivity index (χ3n) is 7.43. The summed E-state index contributed by atoms with van der Waals surface area (Å²) in [4.78, 5) is 58.2. The lowest BCUT2D eigenvalue weighted by atomic mass is 9.79. The van der Waals surface area contributed by atoms with Gasteiger partial charge in [0.25, 0.3) is 0 Å². The van der Waals surface area contributed by atoms with Crippen molar-refractivity contribution in [1.29, 1.82) is 0 Å². The fourth-order valence-corrected chi connectivity index (χ4v) is 5.77. The van der Waals surface area contributed by atoms with E-state index in [-0.39, 0.29) is 36.7 Å². The summed E-state index contributed by atoms with van der Waals surface area (Å²) in [6, 6.07) is 6.51. The highest BCUT2D eigenvalue weighted by Crippen LogP contribution is 2.56. The first-order valence-corrected chi connectivity index (χ1v) is 10.9. The van der Waals surface area contributed by atoms with Gasteiger partial charge in [0.1, 0.15) is 11.3 Å². The highest BCUT2D eigenvalue weighted by Gasteiger charge is 2.72. The molecule has 0 radical (unpaired) electrons. The standard InChI is InChI=1S/C23H27N3O5/c1-4-25-20(28)17-18(21(25)29)23(2)22(30)24(11-13-5-6-13)12-16(27)26(23)19(17)14-7-9-15(31-3)10-8-14/h7-10,13,17-19H,4-6,11-12H2,1-3H3/t17?,18?,19?,23-/m1/s1. The Labute approximate surface area is 181 Å². The second-order valence-electron chi connectivity index (χ2n) is 9.18. The number of fused-ring (bicyclic) bond motifs is 3. The van der Waals surface area contributed by atoms with Crippen LogP contribution in [0.3, 0.4) is 0 Å². The number of methoxy groups -OCH3 is 1. The monoisotopic (exact) mass is 425 g/mol. The number of carbonyl (C=O) groups is 4. The maximum absolute atomic E-state index is 13.7. The first-order valence-electron chi connectivity index (χ1n) is 10.9. The molecule has 1 saturated carbocycles. The van der Waals surface area contributed by atoms with E-state index in [2.05, 4.69) is 0 Å². The van der Waals surface area contributed by atoms with Gasteiger partial charge < -0.3 is 14.5 Å². The molecule has 0 aromatic heterocycles. The summed E-state index contributed by atoms with van der Waals surface area (Å²) in [5, 5.41) is 0. The summed E-state index contributed by atoms with van der Waals surface area (Å²) in [5.74, 6) is -1.63. The Hall–Kier alpha value is -2.90. The first kappa shape index (κ1) is 20.0. The van der Waals surface area contributed by atoms with Crippen molar-refractivity contribution in [1.82, 2.24) is 14.7 Å². The Morgan fingerprint density at radius 2 is 1.74 bits per heavy atom. The van der Waals surface area contributed by atoms with Gasteiger partial charge in [0.05, 0.1) is 31.5 Å². The van der Waals surface area contributed by atoms with Crippen molar-refractivity contribution in [3.05, 3.63) is 29.8 Å². The van der Waals surface area contributed by atoms with E-state index >= 15 is 0 Å². The average Bonchev–Trinajstić information content (AvgIpc) is 3.47. The van der Waals surface area contributed by atoms with Crippen LogP contribution in [0.2, 0.25) is 0 Å². The molecule has 3 aliphatic heterocycles. The maximum atomic E-state index is 13.7. The third kappa shape index (κ3) is 2.66. The Kier molecular flexibility index (Phi) is 4.39. The lowest BCUT2D eigenvalue weighted by Crippen LogP contribution is -2.67. The van der Waals surface area contributed by atoms with Crippen molar-refractivity contribution >= 4 is 23.6 Å². The average molecular weight is 425 g/mol. The smallest absolute Gasteiger partial charge is 0.249 e. The fraction of sp³-hybridized carbons (Fsp3) is 0.565. The molecular formula is C23H27N3O5. The van der Waals surface area contributed by atoms with Crippen molar-refractivity contribution in [3.8, 4) is 5.75 Å². The zero-order chi connectivity index (χ0) is 22.1. The van der Waals surface area contributed by atoms with Crippen molar-refractivity contribution < 1.29 is 23.9 Å². The number of ether oxygens (including phenoxy) is 1. The van der Waals surface area contributed by atoms with Crippen LogP contribution >= 0.6 is 0 Å². The highest BCUT2D eigenvalue weighted by molar-refractivity contribution is 6.12. The van der Waals surface area contributed by atoms with Crippen LogP contribution in [-0.4, -0.2) is 70.6 Å². The van der Waals surface area contributed by atoms with Gasteiger partial charge in [-0.15, -0.1) is 0 Å². The number of hydrogen-bond acceptors (Lipinski definition) is 5. The van der Waals surface area contributed by atoms with E-state index < -0.39 is 23.4 Å². The predicted octanol–water partition coefficient (Wildman–Crippen LogP) is 1.21. The SMILES string of the molecule is CCN1C(=O)C2C(c3ccc(OC)cc3)N3C(=O)CN(CC4CC4)C(=O)[C@@]3(C)C2C1=O. The van der Waals surface area contributed by atoms with Crippen LogP contribution in [0.4, 0.5) is 0 Å². The van der Waals surface area contributed by atoms with E-state index in [9.17, 15) is 19.2 Å². The number of imide groups is 1. The van der Waals surface area contributed by atoms with Crippen LogP contribution in [0.25, 0.3) is 0 Å².